The van der Waals surface area contributed by atoms with E-state index in [1.807, 2.05) is 11.5 Å². The molecule has 0 saturated heterocycles. The van der Waals surface area contributed by atoms with Gasteiger partial charge in [0.2, 0.25) is 0 Å². The zero-order valence-corrected chi connectivity index (χ0v) is 13.6. The van der Waals surface area contributed by atoms with Crippen LogP contribution in [0.3, 0.4) is 0 Å². The topological polar surface area (TPSA) is 46.1 Å². The molecule has 0 atom stereocenters. The molecule has 0 amide bonds. The Morgan fingerprint density at radius 1 is 1.16 bits per heavy atom. The summed E-state index contributed by atoms with van der Waals surface area (Å²) in [6, 6.07) is 10.0. The van der Waals surface area contributed by atoms with Gasteiger partial charge >= 0.3 is 12.1 Å². The molecule has 3 aromatic rings. The van der Waals surface area contributed by atoms with Crippen molar-refractivity contribution < 1.29 is 27.6 Å². The molecule has 3 rings (SSSR count). The van der Waals surface area contributed by atoms with E-state index in [2.05, 4.69) is 0 Å². The van der Waals surface area contributed by atoms with Crippen LogP contribution >= 0.6 is 0 Å². The largest absolute Gasteiger partial charge is 0.478 e. The standard InChI is InChI=1S/C18H15F3N2O2/c1-11-22(2)15-8-7-14(18(19,20)21)9-16(15)23(11)10-12-3-5-13(6-4-12)17(24)25/h3-9H,10H2,1-2H3/p+1. The van der Waals surface area contributed by atoms with Crippen molar-refractivity contribution in [1.29, 1.82) is 0 Å². The Hall–Kier alpha value is -2.83. The smallest absolute Gasteiger partial charge is 0.416 e. The monoisotopic (exact) mass is 349 g/mol. The summed E-state index contributed by atoms with van der Waals surface area (Å²) >= 11 is 0. The van der Waals surface area contributed by atoms with E-state index < -0.39 is 17.7 Å². The maximum Gasteiger partial charge on any atom is 0.416 e. The molecular formula is C18H16F3N2O2+. The van der Waals surface area contributed by atoms with Crippen LogP contribution in [0, 0.1) is 6.92 Å². The number of carboxylic acids is 1. The lowest BCUT2D eigenvalue weighted by Crippen LogP contribution is -2.31. The second-order valence-corrected chi connectivity index (χ2v) is 5.90. The average Bonchev–Trinajstić information content (AvgIpc) is 2.79. The zero-order chi connectivity index (χ0) is 18.4. The van der Waals surface area contributed by atoms with E-state index in [4.69, 9.17) is 5.11 Å². The van der Waals surface area contributed by atoms with Gasteiger partial charge < -0.3 is 5.11 Å². The SMILES string of the molecule is Cc1n(Cc2ccc(C(=O)O)cc2)c2cc(C(F)(F)F)ccc2[n+]1C. The second-order valence-electron chi connectivity index (χ2n) is 5.90. The first kappa shape index (κ1) is 17.0. The summed E-state index contributed by atoms with van der Waals surface area (Å²) in [7, 11) is 1.80. The minimum absolute atomic E-state index is 0.169. The molecular weight excluding hydrogens is 333 g/mol. The number of rotatable bonds is 3. The zero-order valence-electron chi connectivity index (χ0n) is 13.6. The summed E-state index contributed by atoms with van der Waals surface area (Å²) in [4.78, 5) is 10.9. The molecule has 130 valence electrons. The van der Waals surface area contributed by atoms with Crippen molar-refractivity contribution in [3.8, 4) is 0 Å². The van der Waals surface area contributed by atoms with E-state index in [0.29, 0.717) is 17.6 Å². The van der Waals surface area contributed by atoms with Gasteiger partial charge in [0.1, 0.15) is 6.54 Å². The van der Waals surface area contributed by atoms with Gasteiger partial charge in [0.15, 0.2) is 11.0 Å². The number of aromatic nitrogens is 2. The number of hydrogen-bond acceptors (Lipinski definition) is 1. The number of benzene rings is 2. The molecule has 0 aliphatic rings. The van der Waals surface area contributed by atoms with Crippen LogP contribution < -0.4 is 4.57 Å². The quantitative estimate of drug-likeness (QED) is 0.735. The molecule has 1 aromatic heterocycles. The number of carbonyl (C=O) groups is 1. The summed E-state index contributed by atoms with van der Waals surface area (Å²) in [5, 5.41) is 8.95. The number of nitrogens with zero attached hydrogens (tertiary/aromatic N) is 2. The molecule has 7 heteroatoms. The predicted molar refractivity (Wildman–Crippen MR) is 85.4 cm³/mol. The number of aryl methyl sites for hydroxylation is 1. The molecule has 0 radical (unpaired) electrons. The van der Waals surface area contributed by atoms with E-state index in [0.717, 1.165) is 23.5 Å². The highest BCUT2D eigenvalue weighted by atomic mass is 19.4. The first-order valence-electron chi connectivity index (χ1n) is 7.57. The lowest BCUT2D eigenvalue weighted by molar-refractivity contribution is -0.652. The van der Waals surface area contributed by atoms with Crippen molar-refractivity contribution in [1.82, 2.24) is 4.57 Å². The fourth-order valence-corrected chi connectivity index (χ4v) is 2.86. The third kappa shape index (κ3) is 3.09. The minimum Gasteiger partial charge on any atom is -0.478 e. The maximum absolute atomic E-state index is 13.0. The first-order chi connectivity index (χ1) is 11.7. The van der Waals surface area contributed by atoms with Crippen molar-refractivity contribution in [3.05, 3.63) is 65.0 Å². The van der Waals surface area contributed by atoms with E-state index in [9.17, 15) is 18.0 Å². The van der Waals surface area contributed by atoms with Gasteiger partial charge in [-0.15, -0.1) is 0 Å². The molecule has 0 spiro atoms. The molecule has 1 heterocycles. The molecule has 25 heavy (non-hydrogen) atoms. The van der Waals surface area contributed by atoms with Crippen LogP contribution in [0.1, 0.15) is 27.3 Å². The Morgan fingerprint density at radius 3 is 2.36 bits per heavy atom. The Bertz CT molecular complexity index is 957. The summed E-state index contributed by atoms with van der Waals surface area (Å²) in [5.74, 6) is -0.216. The van der Waals surface area contributed by atoms with Crippen molar-refractivity contribution >= 4 is 17.0 Å². The van der Waals surface area contributed by atoms with Crippen molar-refractivity contribution in [2.24, 2.45) is 7.05 Å². The highest BCUT2D eigenvalue weighted by Crippen LogP contribution is 2.31. The number of carboxylic acid groups (broad SMARTS) is 1. The Kier molecular flexibility index (Phi) is 4.02. The molecule has 0 fully saturated rings. The Balaban J connectivity index is 2.08. The molecule has 0 saturated carbocycles. The Morgan fingerprint density at radius 2 is 1.80 bits per heavy atom. The highest BCUT2D eigenvalue weighted by Gasteiger charge is 2.32. The molecule has 4 nitrogen and oxygen atoms in total. The number of imidazole rings is 1. The third-order valence-electron chi connectivity index (χ3n) is 4.37. The number of aromatic carboxylic acids is 1. The van der Waals surface area contributed by atoms with Crippen molar-refractivity contribution in [3.63, 3.8) is 0 Å². The molecule has 0 bridgehead atoms. The van der Waals surface area contributed by atoms with E-state index in [-0.39, 0.29) is 5.56 Å². The van der Waals surface area contributed by atoms with E-state index >= 15 is 0 Å². The van der Waals surface area contributed by atoms with E-state index in [1.54, 1.807) is 23.7 Å². The van der Waals surface area contributed by atoms with Gasteiger partial charge in [-0.2, -0.15) is 13.2 Å². The molecule has 1 N–H and O–H groups in total. The average molecular weight is 349 g/mol. The summed E-state index contributed by atoms with van der Waals surface area (Å²) in [6.45, 7) is 2.18. The van der Waals surface area contributed by atoms with Gasteiger partial charge in [0, 0.05) is 13.0 Å². The Labute approximate surface area is 141 Å². The number of alkyl halides is 3. The lowest BCUT2D eigenvalue weighted by atomic mass is 10.1. The fourth-order valence-electron chi connectivity index (χ4n) is 2.86. The molecule has 0 unspecified atom stereocenters. The van der Waals surface area contributed by atoms with Gasteiger partial charge in [0.05, 0.1) is 18.2 Å². The number of fused-ring (bicyclic) bond motifs is 1. The number of halogens is 3. The predicted octanol–water partition coefficient (Wildman–Crippen LogP) is 3.54. The van der Waals surface area contributed by atoms with Crippen LogP contribution in [0.2, 0.25) is 0 Å². The molecule has 2 aromatic carbocycles. The summed E-state index contributed by atoms with van der Waals surface area (Å²) in [5.41, 5.74) is 1.47. The lowest BCUT2D eigenvalue weighted by Gasteiger charge is -2.06. The van der Waals surface area contributed by atoms with Gasteiger partial charge in [-0.25, -0.2) is 13.9 Å². The summed E-state index contributed by atoms with van der Waals surface area (Å²) < 4.78 is 42.7. The fraction of sp³-hybridized carbons (Fsp3) is 0.222. The van der Waals surface area contributed by atoms with Gasteiger partial charge in [-0.3, -0.25) is 0 Å². The minimum atomic E-state index is -4.40. The number of hydrogen-bond donors (Lipinski definition) is 1. The van der Waals surface area contributed by atoms with Crippen molar-refractivity contribution in [2.45, 2.75) is 19.6 Å². The third-order valence-corrected chi connectivity index (χ3v) is 4.37. The van der Waals surface area contributed by atoms with E-state index in [1.165, 1.54) is 18.2 Å². The summed E-state index contributed by atoms with van der Waals surface area (Å²) in [6.07, 6.45) is -4.40. The van der Waals surface area contributed by atoms with Crippen LogP contribution in [0.5, 0.6) is 0 Å². The van der Waals surface area contributed by atoms with Gasteiger partial charge in [-0.1, -0.05) is 12.1 Å². The van der Waals surface area contributed by atoms with Crippen LogP contribution in [0.15, 0.2) is 42.5 Å². The van der Waals surface area contributed by atoms with Gasteiger partial charge in [0.25, 0.3) is 5.82 Å². The highest BCUT2D eigenvalue weighted by molar-refractivity contribution is 5.87. The molecule has 0 aliphatic heterocycles. The maximum atomic E-state index is 13.0. The van der Waals surface area contributed by atoms with Crippen molar-refractivity contribution in [2.75, 3.05) is 0 Å². The van der Waals surface area contributed by atoms with Crippen LogP contribution in [0.4, 0.5) is 13.2 Å². The molecule has 0 aliphatic carbocycles. The van der Waals surface area contributed by atoms with Crippen LogP contribution in [-0.2, 0) is 19.8 Å². The van der Waals surface area contributed by atoms with Gasteiger partial charge in [-0.05, 0) is 29.8 Å². The van der Waals surface area contributed by atoms with Crippen LogP contribution in [-0.4, -0.2) is 15.6 Å². The second kappa shape index (κ2) is 5.91. The normalized spacial score (nSPS) is 11.9. The van der Waals surface area contributed by atoms with Crippen LogP contribution in [0.25, 0.3) is 11.0 Å². The first-order valence-corrected chi connectivity index (χ1v) is 7.57.